The summed E-state index contributed by atoms with van der Waals surface area (Å²) in [6.45, 7) is 2.10. The fourth-order valence-corrected chi connectivity index (χ4v) is 3.64. The number of ether oxygens (including phenoxy) is 5. The molecule has 0 fully saturated rings. The fourth-order valence-electron chi connectivity index (χ4n) is 3.64. The Bertz CT molecular complexity index is 1430. The van der Waals surface area contributed by atoms with Crippen molar-refractivity contribution in [3.63, 3.8) is 0 Å². The van der Waals surface area contributed by atoms with E-state index in [-0.39, 0.29) is 36.9 Å². The number of carbonyl (C=O) groups excluding carboxylic acids is 1. The third-order valence-corrected chi connectivity index (χ3v) is 5.47. The SMILES string of the molecule is CCCOC(=O)c1c(C#Cc2ccc3c(c2)OCO3)c(O)c(O)c(O)c1C#Cc1ccc2c(c1)OCO2. The van der Waals surface area contributed by atoms with E-state index in [1.807, 2.05) is 6.92 Å². The Labute approximate surface area is 211 Å². The minimum atomic E-state index is -0.864. The number of carbonyl (C=O) groups is 1. The van der Waals surface area contributed by atoms with Gasteiger partial charge in [0.1, 0.15) is 0 Å². The molecule has 0 aromatic heterocycles. The van der Waals surface area contributed by atoms with Crippen molar-refractivity contribution in [3.8, 4) is 63.9 Å². The van der Waals surface area contributed by atoms with E-state index in [0.717, 1.165) is 0 Å². The van der Waals surface area contributed by atoms with E-state index in [1.54, 1.807) is 36.4 Å². The van der Waals surface area contributed by atoms with Gasteiger partial charge in [-0.1, -0.05) is 30.6 Å². The number of rotatable bonds is 3. The molecule has 2 aliphatic rings. The maximum Gasteiger partial charge on any atom is 0.340 e. The molecule has 9 heteroatoms. The summed E-state index contributed by atoms with van der Waals surface area (Å²) in [6.07, 6.45) is 0.540. The van der Waals surface area contributed by atoms with Crippen molar-refractivity contribution in [2.24, 2.45) is 0 Å². The lowest BCUT2D eigenvalue weighted by molar-refractivity contribution is 0.0503. The minimum Gasteiger partial charge on any atom is -0.503 e. The Balaban J connectivity index is 1.63. The average Bonchev–Trinajstić information content (AvgIpc) is 3.57. The van der Waals surface area contributed by atoms with Gasteiger partial charge >= 0.3 is 5.97 Å². The van der Waals surface area contributed by atoms with Gasteiger partial charge in [0, 0.05) is 11.1 Å². The summed E-state index contributed by atoms with van der Waals surface area (Å²) in [4.78, 5) is 13.1. The Morgan fingerprint density at radius 2 is 1.24 bits per heavy atom. The van der Waals surface area contributed by atoms with Crippen LogP contribution in [0.25, 0.3) is 0 Å². The van der Waals surface area contributed by atoms with Crippen LogP contribution in [0.5, 0.6) is 40.2 Å². The standard InChI is InChI=1S/C28H20O9/c1-2-11-33-28(32)24-18(7-3-16-5-9-20-22(12-16)36-14-34-20)25(29)27(31)26(30)19(24)8-4-17-6-10-21-23(13-17)37-15-35-21/h5-6,9-10,12-13,29-31H,2,11,14-15H2,1H3. The third kappa shape index (κ3) is 4.58. The Morgan fingerprint density at radius 3 is 1.73 bits per heavy atom. The summed E-state index contributed by atoms with van der Waals surface area (Å²) in [5, 5.41) is 31.7. The van der Waals surface area contributed by atoms with Crippen LogP contribution in [0, 0.1) is 23.7 Å². The average molecular weight is 500 g/mol. The van der Waals surface area contributed by atoms with Crippen molar-refractivity contribution in [2.45, 2.75) is 13.3 Å². The molecule has 186 valence electrons. The van der Waals surface area contributed by atoms with E-state index in [4.69, 9.17) is 23.7 Å². The van der Waals surface area contributed by atoms with Crippen LogP contribution in [0.4, 0.5) is 0 Å². The molecule has 3 N–H and O–H groups in total. The molecule has 0 aliphatic carbocycles. The molecule has 2 heterocycles. The molecule has 0 spiro atoms. The monoisotopic (exact) mass is 500 g/mol. The van der Waals surface area contributed by atoms with Crippen molar-refractivity contribution in [2.75, 3.05) is 20.2 Å². The smallest absolute Gasteiger partial charge is 0.340 e. The summed E-state index contributed by atoms with van der Waals surface area (Å²) >= 11 is 0. The van der Waals surface area contributed by atoms with E-state index in [9.17, 15) is 20.1 Å². The van der Waals surface area contributed by atoms with Crippen LogP contribution in [0.1, 0.15) is 46.0 Å². The van der Waals surface area contributed by atoms with Gasteiger partial charge in [-0.15, -0.1) is 0 Å². The van der Waals surface area contributed by atoms with Gasteiger partial charge in [-0.05, 0) is 42.8 Å². The van der Waals surface area contributed by atoms with Crippen LogP contribution in [0.2, 0.25) is 0 Å². The highest BCUT2D eigenvalue weighted by atomic mass is 16.7. The van der Waals surface area contributed by atoms with E-state index < -0.39 is 23.2 Å². The summed E-state index contributed by atoms with van der Waals surface area (Å²) in [6, 6.07) is 9.99. The van der Waals surface area contributed by atoms with E-state index >= 15 is 0 Å². The van der Waals surface area contributed by atoms with Crippen molar-refractivity contribution in [1.82, 2.24) is 0 Å². The van der Waals surface area contributed by atoms with Gasteiger partial charge in [0.05, 0.1) is 23.3 Å². The van der Waals surface area contributed by atoms with Crippen LogP contribution in [-0.2, 0) is 4.74 Å². The Morgan fingerprint density at radius 1 is 0.757 bits per heavy atom. The molecular formula is C28H20O9. The number of fused-ring (bicyclic) bond motifs is 2. The predicted molar refractivity (Wildman–Crippen MR) is 129 cm³/mol. The highest BCUT2D eigenvalue weighted by molar-refractivity contribution is 5.98. The van der Waals surface area contributed by atoms with E-state index in [0.29, 0.717) is 40.5 Å². The van der Waals surface area contributed by atoms with Gasteiger partial charge in [-0.3, -0.25) is 0 Å². The Kier molecular flexibility index (Phi) is 6.27. The molecule has 3 aromatic carbocycles. The van der Waals surface area contributed by atoms with Crippen LogP contribution in [0.3, 0.4) is 0 Å². The fraction of sp³-hybridized carbons (Fsp3) is 0.179. The van der Waals surface area contributed by atoms with Crippen molar-refractivity contribution < 1.29 is 43.8 Å². The normalized spacial score (nSPS) is 12.2. The number of benzene rings is 3. The molecule has 0 unspecified atom stereocenters. The second-order valence-electron chi connectivity index (χ2n) is 7.94. The zero-order chi connectivity index (χ0) is 25.9. The van der Waals surface area contributed by atoms with Crippen molar-refractivity contribution >= 4 is 5.97 Å². The van der Waals surface area contributed by atoms with Crippen LogP contribution >= 0.6 is 0 Å². The molecule has 0 bridgehead atoms. The summed E-state index contributed by atoms with van der Waals surface area (Å²) in [5.74, 6) is 9.96. The molecular weight excluding hydrogens is 480 g/mol. The molecule has 3 aromatic rings. The summed E-state index contributed by atoms with van der Waals surface area (Å²) in [7, 11) is 0. The third-order valence-electron chi connectivity index (χ3n) is 5.47. The number of esters is 1. The van der Waals surface area contributed by atoms with Gasteiger partial charge in [-0.2, -0.15) is 0 Å². The van der Waals surface area contributed by atoms with Crippen molar-refractivity contribution in [3.05, 3.63) is 64.2 Å². The highest BCUT2D eigenvalue weighted by Crippen LogP contribution is 2.43. The lowest BCUT2D eigenvalue weighted by Crippen LogP contribution is -2.11. The molecule has 0 saturated heterocycles. The number of aromatic hydroxyl groups is 3. The molecule has 0 amide bonds. The number of hydrogen-bond donors (Lipinski definition) is 3. The number of phenolic OH excluding ortho intramolecular Hbond substituents is 3. The Hall–Kier alpha value is -5.15. The summed E-state index contributed by atoms with van der Waals surface area (Å²) in [5.41, 5.74) is 0.227. The molecule has 0 radical (unpaired) electrons. The lowest BCUT2D eigenvalue weighted by atomic mass is 9.97. The first-order chi connectivity index (χ1) is 18.0. The quantitative estimate of drug-likeness (QED) is 0.281. The molecule has 2 aliphatic heterocycles. The maximum absolute atomic E-state index is 13.1. The highest BCUT2D eigenvalue weighted by Gasteiger charge is 2.27. The predicted octanol–water partition coefficient (Wildman–Crippen LogP) is 3.63. The molecule has 9 nitrogen and oxygen atoms in total. The largest absolute Gasteiger partial charge is 0.503 e. The summed E-state index contributed by atoms with van der Waals surface area (Å²) < 4.78 is 26.6. The minimum absolute atomic E-state index is 0.0886. The molecule has 0 saturated carbocycles. The van der Waals surface area contributed by atoms with Gasteiger partial charge in [0.25, 0.3) is 0 Å². The maximum atomic E-state index is 13.1. The van der Waals surface area contributed by atoms with Crippen LogP contribution < -0.4 is 18.9 Å². The van der Waals surface area contributed by atoms with Crippen molar-refractivity contribution in [1.29, 1.82) is 0 Å². The second-order valence-corrected chi connectivity index (χ2v) is 7.94. The van der Waals surface area contributed by atoms with Gasteiger partial charge in [-0.25, -0.2) is 4.79 Å². The molecule has 0 atom stereocenters. The van der Waals surface area contributed by atoms with Gasteiger partial charge in [0.15, 0.2) is 34.5 Å². The lowest BCUT2D eigenvalue weighted by Gasteiger charge is -2.13. The topological polar surface area (TPSA) is 124 Å². The first-order valence-electron chi connectivity index (χ1n) is 11.3. The molecule has 5 rings (SSSR count). The van der Waals surface area contributed by atoms with Crippen LogP contribution in [-0.4, -0.2) is 41.5 Å². The zero-order valence-corrected chi connectivity index (χ0v) is 19.6. The molecule has 37 heavy (non-hydrogen) atoms. The van der Waals surface area contributed by atoms with Gasteiger partial charge < -0.3 is 39.0 Å². The van der Waals surface area contributed by atoms with E-state index in [1.165, 1.54) is 0 Å². The zero-order valence-electron chi connectivity index (χ0n) is 19.6. The second kappa shape index (κ2) is 9.84. The first-order valence-corrected chi connectivity index (χ1v) is 11.3. The number of hydrogen-bond acceptors (Lipinski definition) is 9. The number of phenols is 3. The first kappa shape index (κ1) is 23.6. The van der Waals surface area contributed by atoms with Crippen LogP contribution in [0.15, 0.2) is 36.4 Å². The van der Waals surface area contributed by atoms with E-state index in [2.05, 4.69) is 23.7 Å². The van der Waals surface area contributed by atoms with Gasteiger partial charge in [0.2, 0.25) is 19.3 Å².